The van der Waals surface area contributed by atoms with Crippen molar-refractivity contribution in [2.75, 3.05) is 11.9 Å². The molecule has 0 aliphatic rings. The van der Waals surface area contributed by atoms with Gasteiger partial charge in [0.15, 0.2) is 0 Å². The van der Waals surface area contributed by atoms with Crippen molar-refractivity contribution in [3.05, 3.63) is 40.1 Å². The minimum Gasteiger partial charge on any atom is -0.469 e. The van der Waals surface area contributed by atoms with Gasteiger partial charge in [-0.05, 0) is 39.7 Å². The van der Waals surface area contributed by atoms with Gasteiger partial charge in [-0.1, -0.05) is 0 Å². The molecule has 0 aromatic carbocycles. The Morgan fingerprint density at radius 3 is 3.12 bits per heavy atom. The lowest BCUT2D eigenvalue weighted by Crippen LogP contribution is -2.06. The van der Waals surface area contributed by atoms with Crippen molar-refractivity contribution in [2.45, 2.75) is 6.42 Å². The highest BCUT2D eigenvalue weighted by Gasteiger charge is 2.03. The van der Waals surface area contributed by atoms with E-state index in [0.29, 0.717) is 5.82 Å². The average molecular weight is 303 g/mol. The van der Waals surface area contributed by atoms with Gasteiger partial charge in [0.05, 0.1) is 10.7 Å². The maximum Gasteiger partial charge on any atom is 0.224 e. The molecule has 6 heteroatoms. The van der Waals surface area contributed by atoms with E-state index in [2.05, 4.69) is 31.2 Å². The van der Waals surface area contributed by atoms with Crippen LogP contribution in [-0.4, -0.2) is 16.5 Å². The zero-order chi connectivity index (χ0) is 11.4. The van der Waals surface area contributed by atoms with Crippen LogP contribution >= 0.6 is 27.5 Å². The van der Waals surface area contributed by atoms with E-state index in [4.69, 9.17) is 16.0 Å². The highest BCUT2D eigenvalue weighted by molar-refractivity contribution is 9.10. The number of furan rings is 1. The molecule has 4 nitrogen and oxygen atoms in total. The molecule has 84 valence electrons. The molecule has 0 spiro atoms. The standard InChI is InChI=1S/C10H9BrClN3O/c11-8-6-14-10(12)15-9(8)13-4-3-7-2-1-5-16-7/h1-2,5-6H,3-4H2,(H,13,14,15). The molecule has 0 aliphatic heterocycles. The van der Waals surface area contributed by atoms with E-state index in [1.54, 1.807) is 12.5 Å². The summed E-state index contributed by atoms with van der Waals surface area (Å²) in [5.41, 5.74) is 0. The molecule has 0 saturated carbocycles. The molecule has 0 radical (unpaired) electrons. The van der Waals surface area contributed by atoms with Gasteiger partial charge in [0.1, 0.15) is 11.6 Å². The first-order chi connectivity index (χ1) is 7.75. The van der Waals surface area contributed by atoms with E-state index in [0.717, 1.165) is 23.2 Å². The first kappa shape index (κ1) is 11.4. The molecule has 0 atom stereocenters. The van der Waals surface area contributed by atoms with Crippen LogP contribution in [0.2, 0.25) is 5.28 Å². The number of nitrogens with zero attached hydrogens (tertiary/aromatic N) is 2. The minimum atomic E-state index is 0.226. The zero-order valence-corrected chi connectivity index (χ0v) is 10.6. The van der Waals surface area contributed by atoms with Crippen LogP contribution in [0.5, 0.6) is 0 Å². The smallest absolute Gasteiger partial charge is 0.224 e. The van der Waals surface area contributed by atoms with Crippen molar-refractivity contribution in [3.63, 3.8) is 0 Å². The number of rotatable bonds is 4. The fourth-order valence-corrected chi connectivity index (χ4v) is 1.69. The van der Waals surface area contributed by atoms with Gasteiger partial charge in [-0.15, -0.1) is 0 Å². The third-order valence-corrected chi connectivity index (χ3v) is 2.72. The molecule has 2 heterocycles. The normalized spacial score (nSPS) is 10.4. The van der Waals surface area contributed by atoms with Crippen molar-refractivity contribution in [3.8, 4) is 0 Å². The third-order valence-electron chi connectivity index (χ3n) is 1.96. The zero-order valence-electron chi connectivity index (χ0n) is 8.28. The molecule has 2 aromatic rings. The van der Waals surface area contributed by atoms with Crippen LogP contribution in [0.3, 0.4) is 0 Å². The van der Waals surface area contributed by atoms with Crippen LogP contribution in [0.4, 0.5) is 5.82 Å². The van der Waals surface area contributed by atoms with Crippen molar-refractivity contribution < 1.29 is 4.42 Å². The topological polar surface area (TPSA) is 51.0 Å². The third kappa shape index (κ3) is 2.96. The number of hydrogen-bond donors (Lipinski definition) is 1. The molecule has 0 amide bonds. The van der Waals surface area contributed by atoms with Gasteiger partial charge in [0.2, 0.25) is 5.28 Å². The van der Waals surface area contributed by atoms with Crippen molar-refractivity contribution >= 4 is 33.3 Å². The summed E-state index contributed by atoms with van der Waals surface area (Å²) in [5, 5.41) is 3.38. The van der Waals surface area contributed by atoms with Crippen LogP contribution in [0.25, 0.3) is 0 Å². The number of anilines is 1. The van der Waals surface area contributed by atoms with Crippen molar-refractivity contribution in [1.29, 1.82) is 0 Å². The Morgan fingerprint density at radius 1 is 1.50 bits per heavy atom. The van der Waals surface area contributed by atoms with Crippen molar-refractivity contribution in [1.82, 2.24) is 9.97 Å². The lowest BCUT2D eigenvalue weighted by atomic mass is 10.3. The molecule has 0 bridgehead atoms. The Morgan fingerprint density at radius 2 is 2.38 bits per heavy atom. The number of nitrogens with one attached hydrogen (secondary N) is 1. The highest BCUT2D eigenvalue weighted by atomic mass is 79.9. The number of aromatic nitrogens is 2. The monoisotopic (exact) mass is 301 g/mol. The van der Waals surface area contributed by atoms with Gasteiger partial charge in [-0.3, -0.25) is 0 Å². The SMILES string of the molecule is Clc1ncc(Br)c(NCCc2ccco2)n1. The van der Waals surface area contributed by atoms with E-state index < -0.39 is 0 Å². The average Bonchev–Trinajstić information content (AvgIpc) is 2.76. The summed E-state index contributed by atoms with van der Waals surface area (Å²) in [7, 11) is 0. The number of halogens is 2. The second-order valence-corrected chi connectivity index (χ2v) is 4.28. The summed E-state index contributed by atoms with van der Waals surface area (Å²) in [5.74, 6) is 1.62. The Labute approximate surface area is 106 Å². The van der Waals surface area contributed by atoms with Crippen LogP contribution < -0.4 is 5.32 Å². The molecular formula is C10H9BrClN3O. The van der Waals surface area contributed by atoms with Crippen LogP contribution in [0.1, 0.15) is 5.76 Å². The summed E-state index contributed by atoms with van der Waals surface area (Å²) in [6.45, 7) is 0.722. The predicted octanol–water partition coefficient (Wildman–Crippen LogP) is 3.14. The van der Waals surface area contributed by atoms with Crippen LogP contribution in [0, 0.1) is 0 Å². The maximum absolute atomic E-state index is 5.69. The summed E-state index contributed by atoms with van der Waals surface area (Å²) in [4.78, 5) is 7.90. The molecular weight excluding hydrogens is 293 g/mol. The molecule has 2 rings (SSSR count). The summed E-state index contributed by atoms with van der Waals surface area (Å²) in [6, 6.07) is 3.80. The molecule has 0 aliphatic carbocycles. The molecule has 0 saturated heterocycles. The van der Waals surface area contributed by atoms with Gasteiger partial charge in [-0.2, -0.15) is 4.98 Å². The lowest BCUT2D eigenvalue weighted by Gasteiger charge is -2.05. The van der Waals surface area contributed by atoms with Gasteiger partial charge in [0, 0.05) is 19.2 Å². The maximum atomic E-state index is 5.69. The second kappa shape index (κ2) is 5.32. The summed E-state index contributed by atoms with van der Waals surface area (Å²) < 4.78 is 6.00. The first-order valence-electron chi connectivity index (χ1n) is 4.70. The fraction of sp³-hybridized carbons (Fsp3) is 0.200. The van der Waals surface area contributed by atoms with Gasteiger partial charge >= 0.3 is 0 Å². The van der Waals surface area contributed by atoms with E-state index in [9.17, 15) is 0 Å². The Kier molecular flexibility index (Phi) is 3.79. The number of hydrogen-bond acceptors (Lipinski definition) is 4. The van der Waals surface area contributed by atoms with E-state index >= 15 is 0 Å². The Bertz CT molecular complexity index is 461. The van der Waals surface area contributed by atoms with E-state index in [1.807, 2.05) is 12.1 Å². The van der Waals surface area contributed by atoms with E-state index in [-0.39, 0.29) is 5.28 Å². The highest BCUT2D eigenvalue weighted by Crippen LogP contribution is 2.19. The van der Waals surface area contributed by atoms with Gasteiger partial charge in [-0.25, -0.2) is 4.98 Å². The Balaban J connectivity index is 1.92. The molecule has 2 aromatic heterocycles. The van der Waals surface area contributed by atoms with Crippen LogP contribution in [-0.2, 0) is 6.42 Å². The largest absolute Gasteiger partial charge is 0.469 e. The predicted molar refractivity (Wildman–Crippen MR) is 65.6 cm³/mol. The fourth-order valence-electron chi connectivity index (χ4n) is 1.23. The quantitative estimate of drug-likeness (QED) is 0.882. The Hall–Kier alpha value is -1.07. The van der Waals surface area contributed by atoms with Gasteiger partial charge in [0.25, 0.3) is 0 Å². The molecule has 1 N–H and O–H groups in total. The molecule has 16 heavy (non-hydrogen) atoms. The summed E-state index contributed by atoms with van der Waals surface area (Å²) >= 11 is 9.03. The van der Waals surface area contributed by atoms with E-state index in [1.165, 1.54) is 0 Å². The summed E-state index contributed by atoms with van der Waals surface area (Å²) in [6.07, 6.45) is 4.07. The molecule has 0 fully saturated rings. The van der Waals surface area contributed by atoms with Gasteiger partial charge < -0.3 is 9.73 Å². The van der Waals surface area contributed by atoms with Crippen molar-refractivity contribution in [2.24, 2.45) is 0 Å². The lowest BCUT2D eigenvalue weighted by molar-refractivity contribution is 0.513. The molecule has 0 unspecified atom stereocenters. The van der Waals surface area contributed by atoms with Crippen LogP contribution in [0.15, 0.2) is 33.5 Å². The minimum absolute atomic E-state index is 0.226. The second-order valence-electron chi connectivity index (χ2n) is 3.09. The first-order valence-corrected chi connectivity index (χ1v) is 5.87.